The lowest BCUT2D eigenvalue weighted by Gasteiger charge is -2.36. The Hall–Kier alpha value is -0.720. The van der Waals surface area contributed by atoms with Crippen LogP contribution in [0.4, 0.5) is 4.39 Å². The molecule has 20 heavy (non-hydrogen) atoms. The first-order valence-electron chi connectivity index (χ1n) is 6.88. The van der Waals surface area contributed by atoms with Crippen LogP contribution in [0, 0.1) is 5.82 Å². The predicted molar refractivity (Wildman–Crippen MR) is 78.1 cm³/mol. The van der Waals surface area contributed by atoms with E-state index in [4.69, 9.17) is 22.2 Å². The van der Waals surface area contributed by atoms with Crippen molar-refractivity contribution in [2.24, 2.45) is 5.84 Å². The van der Waals surface area contributed by atoms with Gasteiger partial charge in [-0.05, 0) is 36.7 Å². The van der Waals surface area contributed by atoms with Crippen molar-refractivity contribution in [3.63, 3.8) is 0 Å². The Morgan fingerprint density at radius 3 is 3.10 bits per heavy atom. The van der Waals surface area contributed by atoms with Crippen LogP contribution < -0.4 is 11.3 Å². The predicted octanol–water partition coefficient (Wildman–Crippen LogP) is 1.57. The molecule has 1 aromatic carbocycles. The standard InChI is InChI=1S/C14H21ClFN3O/c1-2-19-5-6-20-14(9-19)13(18-17)8-10-7-11(15)3-4-12(10)16/h3-4,7,13-14,18H,2,5-6,8-9,17H2,1H3. The van der Waals surface area contributed by atoms with Crippen molar-refractivity contribution in [3.05, 3.63) is 34.6 Å². The lowest BCUT2D eigenvalue weighted by molar-refractivity contribution is -0.0448. The van der Waals surface area contributed by atoms with Crippen LogP contribution in [0.2, 0.25) is 5.02 Å². The smallest absolute Gasteiger partial charge is 0.126 e. The van der Waals surface area contributed by atoms with E-state index < -0.39 is 0 Å². The van der Waals surface area contributed by atoms with Crippen LogP contribution in [0.15, 0.2) is 18.2 Å². The Morgan fingerprint density at radius 2 is 2.40 bits per heavy atom. The molecule has 0 aromatic heterocycles. The van der Waals surface area contributed by atoms with Gasteiger partial charge in [-0.3, -0.25) is 16.2 Å². The molecule has 6 heteroatoms. The van der Waals surface area contributed by atoms with E-state index in [-0.39, 0.29) is 18.0 Å². The highest BCUT2D eigenvalue weighted by molar-refractivity contribution is 6.30. The Bertz CT molecular complexity index is 446. The molecule has 2 unspecified atom stereocenters. The van der Waals surface area contributed by atoms with Crippen molar-refractivity contribution >= 4 is 11.6 Å². The van der Waals surface area contributed by atoms with Gasteiger partial charge in [0.2, 0.25) is 0 Å². The van der Waals surface area contributed by atoms with Gasteiger partial charge in [-0.1, -0.05) is 18.5 Å². The lowest BCUT2D eigenvalue weighted by Crippen LogP contribution is -2.54. The fraction of sp³-hybridized carbons (Fsp3) is 0.571. The minimum atomic E-state index is -0.266. The summed E-state index contributed by atoms with van der Waals surface area (Å²) in [6.45, 7) is 5.49. The van der Waals surface area contributed by atoms with Crippen molar-refractivity contribution in [3.8, 4) is 0 Å². The van der Waals surface area contributed by atoms with Gasteiger partial charge in [-0.25, -0.2) is 4.39 Å². The van der Waals surface area contributed by atoms with Crippen molar-refractivity contribution in [2.75, 3.05) is 26.2 Å². The zero-order valence-electron chi connectivity index (χ0n) is 11.6. The van der Waals surface area contributed by atoms with Crippen LogP contribution in [-0.4, -0.2) is 43.3 Å². The quantitative estimate of drug-likeness (QED) is 0.640. The summed E-state index contributed by atoms with van der Waals surface area (Å²) in [5, 5.41) is 0.525. The number of morpholine rings is 1. The van der Waals surface area contributed by atoms with Gasteiger partial charge in [-0.2, -0.15) is 0 Å². The van der Waals surface area contributed by atoms with E-state index in [1.807, 2.05) is 0 Å². The number of nitrogens with zero attached hydrogens (tertiary/aromatic N) is 1. The molecule has 1 heterocycles. The Balaban J connectivity index is 2.06. The summed E-state index contributed by atoms with van der Waals surface area (Å²) in [6.07, 6.45) is 0.401. The van der Waals surface area contributed by atoms with E-state index in [1.54, 1.807) is 12.1 Å². The molecule has 1 saturated heterocycles. The average molecular weight is 302 g/mol. The van der Waals surface area contributed by atoms with Crippen molar-refractivity contribution in [1.82, 2.24) is 10.3 Å². The van der Waals surface area contributed by atoms with Gasteiger partial charge in [0.1, 0.15) is 5.82 Å². The van der Waals surface area contributed by atoms with Crippen LogP contribution in [0.1, 0.15) is 12.5 Å². The number of hydrazine groups is 1. The van der Waals surface area contributed by atoms with Crippen molar-refractivity contribution in [1.29, 1.82) is 0 Å². The van der Waals surface area contributed by atoms with Gasteiger partial charge in [0, 0.05) is 18.1 Å². The first-order chi connectivity index (χ1) is 9.63. The molecule has 1 aromatic rings. The molecule has 0 spiro atoms. The van der Waals surface area contributed by atoms with Crippen molar-refractivity contribution in [2.45, 2.75) is 25.5 Å². The Kier molecular flexibility index (Phi) is 5.74. The summed E-state index contributed by atoms with van der Waals surface area (Å²) >= 11 is 5.92. The second kappa shape index (κ2) is 7.33. The number of hydrogen-bond acceptors (Lipinski definition) is 4. The van der Waals surface area contributed by atoms with Gasteiger partial charge < -0.3 is 4.74 Å². The number of hydrogen-bond donors (Lipinski definition) is 2. The normalized spacial score (nSPS) is 21.9. The number of likely N-dealkylation sites (N-methyl/N-ethyl adjacent to an activating group) is 1. The molecular formula is C14H21ClFN3O. The highest BCUT2D eigenvalue weighted by atomic mass is 35.5. The average Bonchev–Trinajstić information content (AvgIpc) is 2.48. The molecule has 2 rings (SSSR count). The Labute approximate surface area is 124 Å². The number of rotatable bonds is 5. The van der Waals surface area contributed by atoms with Crippen LogP contribution in [0.5, 0.6) is 0 Å². The molecule has 1 fully saturated rings. The monoisotopic (exact) mass is 301 g/mol. The van der Waals surface area contributed by atoms with Gasteiger partial charge >= 0.3 is 0 Å². The second-order valence-electron chi connectivity index (χ2n) is 5.02. The second-order valence-corrected chi connectivity index (χ2v) is 5.45. The molecule has 3 N–H and O–H groups in total. The summed E-state index contributed by atoms with van der Waals surface area (Å²) in [4.78, 5) is 2.30. The largest absolute Gasteiger partial charge is 0.374 e. The van der Waals surface area contributed by atoms with E-state index >= 15 is 0 Å². The number of nitrogens with one attached hydrogen (secondary N) is 1. The van der Waals surface area contributed by atoms with Gasteiger partial charge in [0.05, 0.1) is 18.8 Å². The van der Waals surface area contributed by atoms with Crippen LogP contribution in [-0.2, 0) is 11.2 Å². The fourth-order valence-corrected chi connectivity index (χ4v) is 2.69. The maximum absolute atomic E-state index is 13.8. The fourth-order valence-electron chi connectivity index (χ4n) is 2.50. The van der Waals surface area contributed by atoms with E-state index in [9.17, 15) is 4.39 Å². The topological polar surface area (TPSA) is 50.5 Å². The zero-order chi connectivity index (χ0) is 14.5. The molecular weight excluding hydrogens is 281 g/mol. The molecule has 0 radical (unpaired) electrons. The van der Waals surface area contributed by atoms with E-state index in [0.717, 1.165) is 19.6 Å². The SMILES string of the molecule is CCN1CCOC(C(Cc2cc(Cl)ccc2F)NN)C1. The number of nitrogens with two attached hydrogens (primary N) is 1. The summed E-state index contributed by atoms with van der Waals surface area (Å²) in [5.41, 5.74) is 3.30. The van der Waals surface area contributed by atoms with Gasteiger partial charge in [-0.15, -0.1) is 0 Å². The molecule has 2 atom stereocenters. The number of benzene rings is 1. The third-order valence-electron chi connectivity index (χ3n) is 3.74. The summed E-state index contributed by atoms with van der Waals surface area (Å²) in [6, 6.07) is 4.42. The third kappa shape index (κ3) is 3.90. The minimum Gasteiger partial charge on any atom is -0.374 e. The maximum Gasteiger partial charge on any atom is 0.126 e. The van der Waals surface area contributed by atoms with Crippen LogP contribution in [0.25, 0.3) is 0 Å². The summed E-state index contributed by atoms with van der Waals surface area (Å²) in [5.74, 6) is 5.36. The molecule has 112 valence electrons. The zero-order valence-corrected chi connectivity index (χ0v) is 12.4. The van der Waals surface area contributed by atoms with Gasteiger partial charge in [0.25, 0.3) is 0 Å². The molecule has 0 aliphatic carbocycles. The number of ether oxygens (including phenoxy) is 1. The van der Waals surface area contributed by atoms with E-state index in [0.29, 0.717) is 23.6 Å². The third-order valence-corrected chi connectivity index (χ3v) is 3.97. The van der Waals surface area contributed by atoms with Crippen LogP contribution >= 0.6 is 11.6 Å². The van der Waals surface area contributed by atoms with E-state index in [1.165, 1.54) is 6.07 Å². The molecule has 0 bridgehead atoms. The molecule has 0 saturated carbocycles. The first kappa shape index (κ1) is 15.7. The molecule has 4 nitrogen and oxygen atoms in total. The molecule has 1 aliphatic rings. The Morgan fingerprint density at radius 1 is 1.60 bits per heavy atom. The summed E-state index contributed by atoms with van der Waals surface area (Å²) in [7, 11) is 0. The molecule has 0 amide bonds. The van der Waals surface area contributed by atoms with Gasteiger partial charge in [0.15, 0.2) is 0 Å². The minimum absolute atomic E-state index is 0.0490. The number of halogens is 2. The van der Waals surface area contributed by atoms with Crippen LogP contribution in [0.3, 0.4) is 0 Å². The highest BCUT2D eigenvalue weighted by Crippen LogP contribution is 2.19. The maximum atomic E-state index is 13.8. The summed E-state index contributed by atoms with van der Waals surface area (Å²) < 4.78 is 19.6. The highest BCUT2D eigenvalue weighted by Gasteiger charge is 2.27. The van der Waals surface area contributed by atoms with E-state index in [2.05, 4.69) is 17.2 Å². The van der Waals surface area contributed by atoms with Crippen molar-refractivity contribution < 1.29 is 9.13 Å². The molecule has 1 aliphatic heterocycles. The first-order valence-corrected chi connectivity index (χ1v) is 7.25. The lowest BCUT2D eigenvalue weighted by atomic mass is 10.00.